The number of carbonyl (C=O) groups excluding carboxylic acids is 1. The number of thiazole rings is 1. The van der Waals surface area contributed by atoms with Gasteiger partial charge in [-0.1, -0.05) is 47.0 Å². The van der Waals surface area contributed by atoms with Crippen molar-refractivity contribution in [3.8, 4) is 0 Å². The van der Waals surface area contributed by atoms with E-state index < -0.39 is 0 Å². The van der Waals surface area contributed by atoms with Crippen molar-refractivity contribution < 1.29 is 4.79 Å². The van der Waals surface area contributed by atoms with Crippen molar-refractivity contribution in [3.05, 3.63) is 10.6 Å². The molecular weight excluding hydrogens is 292 g/mol. The van der Waals surface area contributed by atoms with Gasteiger partial charge < -0.3 is 5.32 Å². The molecule has 3 nitrogen and oxygen atoms in total. The monoisotopic (exact) mass is 322 g/mol. The first kappa shape index (κ1) is 17.5. The van der Waals surface area contributed by atoms with Crippen LogP contribution in [0.5, 0.6) is 0 Å². The number of fused-ring (bicyclic) bond motifs is 1. The number of unbranched alkanes of at least 4 members (excludes halogenated alkanes) is 1. The highest BCUT2D eigenvalue weighted by molar-refractivity contribution is 7.15. The molecule has 0 fully saturated rings. The lowest BCUT2D eigenvalue weighted by atomic mass is 9.87. The molecule has 4 heteroatoms. The third-order valence-corrected chi connectivity index (χ3v) is 5.93. The fourth-order valence-electron chi connectivity index (χ4n) is 2.93. The van der Waals surface area contributed by atoms with Gasteiger partial charge in [-0.2, -0.15) is 0 Å². The highest BCUT2D eigenvalue weighted by Crippen LogP contribution is 2.34. The van der Waals surface area contributed by atoms with Crippen molar-refractivity contribution in [1.82, 2.24) is 4.98 Å². The molecule has 0 aliphatic heterocycles. The third-order valence-electron chi connectivity index (χ3n) is 4.90. The Kier molecular flexibility index (Phi) is 6.42. The van der Waals surface area contributed by atoms with Gasteiger partial charge in [0.2, 0.25) is 5.91 Å². The summed E-state index contributed by atoms with van der Waals surface area (Å²) in [7, 11) is 0. The highest BCUT2D eigenvalue weighted by Gasteiger charge is 2.23. The zero-order valence-electron chi connectivity index (χ0n) is 14.4. The van der Waals surface area contributed by atoms with Crippen LogP contribution in [-0.4, -0.2) is 10.9 Å². The molecule has 2 rings (SSSR count). The molecule has 2 atom stereocenters. The number of hydrogen-bond acceptors (Lipinski definition) is 3. The van der Waals surface area contributed by atoms with Crippen LogP contribution in [0.15, 0.2) is 0 Å². The van der Waals surface area contributed by atoms with Crippen molar-refractivity contribution in [2.75, 3.05) is 5.32 Å². The molecule has 0 saturated heterocycles. The summed E-state index contributed by atoms with van der Waals surface area (Å²) >= 11 is 1.69. The van der Waals surface area contributed by atoms with Gasteiger partial charge in [0.15, 0.2) is 5.13 Å². The Balaban J connectivity index is 1.90. The summed E-state index contributed by atoms with van der Waals surface area (Å²) in [6.45, 7) is 8.72. The summed E-state index contributed by atoms with van der Waals surface area (Å²) in [6, 6.07) is 0. The van der Waals surface area contributed by atoms with Crippen molar-refractivity contribution in [1.29, 1.82) is 0 Å². The summed E-state index contributed by atoms with van der Waals surface area (Å²) in [5.74, 6) is 1.87. The van der Waals surface area contributed by atoms with Crippen LogP contribution in [0.1, 0.15) is 70.4 Å². The SMILES string of the molecule is CCCC[C@@H]1CCc2nc(NC(=O)CC(C)C(C)C)sc2C1. The minimum absolute atomic E-state index is 0.106. The van der Waals surface area contributed by atoms with E-state index in [0.717, 1.165) is 23.9 Å². The van der Waals surface area contributed by atoms with E-state index in [9.17, 15) is 4.79 Å². The minimum Gasteiger partial charge on any atom is -0.302 e. The molecule has 1 aromatic heterocycles. The van der Waals surface area contributed by atoms with Gasteiger partial charge in [-0.15, -0.1) is 11.3 Å². The Morgan fingerprint density at radius 2 is 2.18 bits per heavy atom. The quantitative estimate of drug-likeness (QED) is 0.762. The predicted molar refractivity (Wildman–Crippen MR) is 94.4 cm³/mol. The summed E-state index contributed by atoms with van der Waals surface area (Å²) in [6.07, 6.45) is 8.03. The van der Waals surface area contributed by atoms with Gasteiger partial charge in [-0.05, 0) is 37.0 Å². The number of aryl methyl sites for hydroxylation is 1. The Morgan fingerprint density at radius 1 is 1.41 bits per heavy atom. The number of nitrogens with zero attached hydrogens (tertiary/aromatic N) is 1. The Morgan fingerprint density at radius 3 is 2.86 bits per heavy atom. The fourth-order valence-corrected chi connectivity index (χ4v) is 4.07. The van der Waals surface area contributed by atoms with Gasteiger partial charge in [-0.25, -0.2) is 4.98 Å². The first-order valence-corrected chi connectivity index (χ1v) is 9.59. The van der Waals surface area contributed by atoms with E-state index in [0.29, 0.717) is 18.3 Å². The summed E-state index contributed by atoms with van der Waals surface area (Å²) in [5.41, 5.74) is 1.23. The van der Waals surface area contributed by atoms with Gasteiger partial charge in [0, 0.05) is 11.3 Å². The highest BCUT2D eigenvalue weighted by atomic mass is 32.1. The molecule has 0 bridgehead atoms. The van der Waals surface area contributed by atoms with Crippen LogP contribution in [0, 0.1) is 17.8 Å². The van der Waals surface area contributed by atoms with E-state index in [1.54, 1.807) is 11.3 Å². The molecule has 0 saturated carbocycles. The molecule has 0 radical (unpaired) electrons. The Hall–Kier alpha value is -0.900. The second-order valence-corrected chi connectivity index (χ2v) is 8.20. The van der Waals surface area contributed by atoms with Crippen LogP contribution < -0.4 is 5.32 Å². The van der Waals surface area contributed by atoms with Gasteiger partial charge in [-0.3, -0.25) is 4.79 Å². The van der Waals surface area contributed by atoms with Crippen LogP contribution in [0.4, 0.5) is 5.13 Å². The minimum atomic E-state index is 0.106. The summed E-state index contributed by atoms with van der Waals surface area (Å²) in [5, 5.41) is 3.82. The number of anilines is 1. The summed E-state index contributed by atoms with van der Waals surface area (Å²) in [4.78, 5) is 18.1. The van der Waals surface area contributed by atoms with E-state index in [1.807, 2.05) is 0 Å². The van der Waals surface area contributed by atoms with Crippen LogP contribution in [0.3, 0.4) is 0 Å². The maximum atomic E-state index is 12.1. The number of hydrogen-bond donors (Lipinski definition) is 1. The van der Waals surface area contributed by atoms with Crippen molar-refractivity contribution in [2.24, 2.45) is 17.8 Å². The molecule has 1 aliphatic rings. The van der Waals surface area contributed by atoms with E-state index in [2.05, 4.69) is 38.0 Å². The first-order valence-electron chi connectivity index (χ1n) is 8.78. The number of amides is 1. The van der Waals surface area contributed by atoms with E-state index in [1.165, 1.54) is 36.3 Å². The predicted octanol–water partition coefficient (Wildman–Crippen LogP) is 5.06. The molecule has 1 aromatic rings. The van der Waals surface area contributed by atoms with Crippen molar-refractivity contribution in [2.45, 2.75) is 72.6 Å². The first-order chi connectivity index (χ1) is 10.5. The van der Waals surface area contributed by atoms with Gasteiger partial charge in [0.25, 0.3) is 0 Å². The van der Waals surface area contributed by atoms with Crippen LogP contribution >= 0.6 is 11.3 Å². The number of nitrogens with one attached hydrogen (secondary N) is 1. The van der Waals surface area contributed by atoms with Crippen LogP contribution in [0.2, 0.25) is 0 Å². The van der Waals surface area contributed by atoms with Gasteiger partial charge >= 0.3 is 0 Å². The molecule has 22 heavy (non-hydrogen) atoms. The van der Waals surface area contributed by atoms with E-state index in [-0.39, 0.29) is 5.91 Å². The van der Waals surface area contributed by atoms with Crippen molar-refractivity contribution in [3.63, 3.8) is 0 Å². The lowest BCUT2D eigenvalue weighted by Crippen LogP contribution is -2.17. The molecule has 1 unspecified atom stereocenters. The third kappa shape index (κ3) is 4.80. The molecule has 1 amide bonds. The second kappa shape index (κ2) is 8.09. The van der Waals surface area contributed by atoms with Crippen LogP contribution in [0.25, 0.3) is 0 Å². The molecule has 1 heterocycles. The lowest BCUT2D eigenvalue weighted by molar-refractivity contribution is -0.117. The zero-order chi connectivity index (χ0) is 16.1. The molecule has 1 aliphatic carbocycles. The topological polar surface area (TPSA) is 42.0 Å². The van der Waals surface area contributed by atoms with E-state index >= 15 is 0 Å². The largest absolute Gasteiger partial charge is 0.302 e. The second-order valence-electron chi connectivity index (χ2n) is 7.11. The van der Waals surface area contributed by atoms with E-state index in [4.69, 9.17) is 0 Å². The number of carbonyl (C=O) groups is 1. The molecule has 0 spiro atoms. The Labute approximate surface area is 138 Å². The molecule has 124 valence electrons. The molecule has 1 N–H and O–H groups in total. The number of rotatable bonds is 7. The maximum absolute atomic E-state index is 12.1. The smallest absolute Gasteiger partial charge is 0.226 e. The van der Waals surface area contributed by atoms with Crippen LogP contribution in [-0.2, 0) is 17.6 Å². The lowest BCUT2D eigenvalue weighted by Gasteiger charge is -2.20. The maximum Gasteiger partial charge on any atom is 0.226 e. The molecule has 0 aromatic carbocycles. The van der Waals surface area contributed by atoms with Gasteiger partial charge in [0.1, 0.15) is 0 Å². The van der Waals surface area contributed by atoms with Crippen molar-refractivity contribution >= 4 is 22.4 Å². The van der Waals surface area contributed by atoms with Gasteiger partial charge in [0.05, 0.1) is 5.69 Å². The standard InChI is InChI=1S/C18H30N2OS/c1-5-6-7-14-8-9-15-16(11-14)22-18(19-15)20-17(21)10-13(4)12(2)3/h12-14H,5-11H2,1-4H3,(H,19,20,21)/t13?,14-/m1/s1. The normalized spacial score (nSPS) is 19.0. The fraction of sp³-hybridized carbons (Fsp3) is 0.778. The summed E-state index contributed by atoms with van der Waals surface area (Å²) < 4.78 is 0. The average molecular weight is 323 g/mol. The average Bonchev–Trinajstić information content (AvgIpc) is 2.85. The molecular formula is C18H30N2OS. The number of aromatic nitrogens is 1. The Bertz CT molecular complexity index is 495. The zero-order valence-corrected chi connectivity index (χ0v) is 15.3.